The Balaban J connectivity index is 1.57. The molecule has 0 aromatic rings. The van der Waals surface area contributed by atoms with Gasteiger partial charge in [-0.3, -0.25) is 9.59 Å². The molecule has 0 aromatic heterocycles. The first-order chi connectivity index (χ1) is 11.0. The van der Waals surface area contributed by atoms with Crippen LogP contribution >= 0.6 is 11.8 Å². The van der Waals surface area contributed by atoms with Crippen molar-refractivity contribution in [2.24, 2.45) is 27.6 Å². The van der Waals surface area contributed by atoms with Crippen LogP contribution in [0.4, 0.5) is 0 Å². The lowest BCUT2D eigenvalue weighted by molar-refractivity contribution is -0.122. The molecule has 0 saturated heterocycles. The van der Waals surface area contributed by atoms with Gasteiger partial charge in [0.1, 0.15) is 11.8 Å². The monoisotopic (exact) mass is 331 g/mol. The highest BCUT2D eigenvalue weighted by Gasteiger charge is 2.30. The number of allylic oxidation sites excluding steroid dienone is 3. The van der Waals surface area contributed by atoms with Crippen molar-refractivity contribution in [3.8, 4) is 0 Å². The molecule has 1 atom stereocenters. The van der Waals surface area contributed by atoms with Crippen LogP contribution in [0.3, 0.4) is 0 Å². The smallest absolute Gasteiger partial charge is 0.260 e. The van der Waals surface area contributed by atoms with Crippen LogP contribution in [0.1, 0.15) is 32.6 Å². The summed E-state index contributed by atoms with van der Waals surface area (Å²) in [4.78, 5) is 32.1. The van der Waals surface area contributed by atoms with E-state index in [1.807, 2.05) is 25.2 Å². The molecular weight excluding hydrogens is 310 g/mol. The normalized spacial score (nSPS) is 30.2. The predicted octanol–water partition coefficient (Wildman–Crippen LogP) is 2.28. The van der Waals surface area contributed by atoms with Crippen molar-refractivity contribution in [1.82, 2.24) is 0 Å². The second-order valence-electron chi connectivity index (χ2n) is 6.26. The molecule has 0 radical (unpaired) electrons. The number of amides is 2. The van der Waals surface area contributed by atoms with Gasteiger partial charge in [-0.1, -0.05) is 18.2 Å². The Hall–Kier alpha value is -1.69. The van der Waals surface area contributed by atoms with Crippen LogP contribution in [0.25, 0.3) is 0 Å². The molecule has 6 heteroatoms. The van der Waals surface area contributed by atoms with Crippen molar-refractivity contribution in [2.45, 2.75) is 37.9 Å². The van der Waals surface area contributed by atoms with Crippen LogP contribution < -0.4 is 5.73 Å². The molecule has 5 nitrogen and oxygen atoms in total. The molecule has 0 spiro atoms. The summed E-state index contributed by atoms with van der Waals surface area (Å²) >= 11 is 1.78. The molecule has 1 unspecified atom stereocenters. The number of carbonyl (C=O) groups is 2. The van der Waals surface area contributed by atoms with Gasteiger partial charge in [0.2, 0.25) is 5.91 Å². The fourth-order valence-corrected chi connectivity index (χ4v) is 4.34. The van der Waals surface area contributed by atoms with E-state index in [0.29, 0.717) is 16.8 Å². The number of hydrogen-bond acceptors (Lipinski definition) is 4. The average Bonchev–Trinajstić information content (AvgIpc) is 2.54. The number of fused-ring (bicyclic) bond motifs is 1. The SMILES string of the molecule is CC1=CC=CC2C(=O)N=C(CSC3CCC(C(N)=O)CC3)N=C12. The topological polar surface area (TPSA) is 84.9 Å². The van der Waals surface area contributed by atoms with Gasteiger partial charge in [-0.2, -0.15) is 16.8 Å². The highest BCUT2D eigenvalue weighted by molar-refractivity contribution is 8.00. The Kier molecular flexibility index (Phi) is 4.80. The highest BCUT2D eigenvalue weighted by Crippen LogP contribution is 2.32. The molecule has 1 fully saturated rings. The van der Waals surface area contributed by atoms with E-state index in [1.54, 1.807) is 11.8 Å². The molecule has 0 aromatic carbocycles. The third kappa shape index (κ3) is 3.63. The molecule has 2 N–H and O–H groups in total. The van der Waals surface area contributed by atoms with Crippen LogP contribution in [-0.2, 0) is 9.59 Å². The summed E-state index contributed by atoms with van der Waals surface area (Å²) in [6.07, 6.45) is 9.42. The minimum atomic E-state index is -0.306. The Bertz CT molecular complexity index is 640. The van der Waals surface area contributed by atoms with Crippen molar-refractivity contribution in [1.29, 1.82) is 0 Å². The maximum atomic E-state index is 12.1. The molecule has 122 valence electrons. The first-order valence-electron chi connectivity index (χ1n) is 8.01. The predicted molar refractivity (Wildman–Crippen MR) is 93.7 cm³/mol. The summed E-state index contributed by atoms with van der Waals surface area (Å²) in [5.41, 5.74) is 7.23. The number of aliphatic imine (C=N–C) groups is 2. The van der Waals surface area contributed by atoms with Gasteiger partial charge in [-0.05, 0) is 38.2 Å². The maximum Gasteiger partial charge on any atom is 0.260 e. The number of nitrogens with two attached hydrogens (primary N) is 1. The largest absolute Gasteiger partial charge is 0.369 e. The molecule has 1 aliphatic heterocycles. The zero-order valence-corrected chi connectivity index (χ0v) is 14.0. The first kappa shape index (κ1) is 16.2. The Morgan fingerprint density at radius 2 is 2.04 bits per heavy atom. The number of thioether (sulfide) groups is 1. The summed E-state index contributed by atoms with van der Waals surface area (Å²) in [5, 5.41) is 0.490. The molecule has 3 rings (SSSR count). The van der Waals surface area contributed by atoms with Crippen LogP contribution in [-0.4, -0.2) is 34.4 Å². The van der Waals surface area contributed by atoms with E-state index in [4.69, 9.17) is 5.73 Å². The van der Waals surface area contributed by atoms with E-state index < -0.39 is 0 Å². The lowest BCUT2D eigenvalue weighted by Gasteiger charge is -2.26. The average molecular weight is 331 g/mol. The van der Waals surface area contributed by atoms with Gasteiger partial charge in [-0.15, -0.1) is 0 Å². The lowest BCUT2D eigenvalue weighted by atomic mass is 9.88. The minimum absolute atomic E-state index is 0.0308. The van der Waals surface area contributed by atoms with E-state index in [2.05, 4.69) is 9.98 Å². The van der Waals surface area contributed by atoms with Crippen molar-refractivity contribution in [2.75, 3.05) is 5.75 Å². The van der Waals surface area contributed by atoms with Crippen LogP contribution in [0.2, 0.25) is 0 Å². The summed E-state index contributed by atoms with van der Waals surface area (Å²) in [5.74, 6) is 0.687. The Morgan fingerprint density at radius 3 is 2.74 bits per heavy atom. The standard InChI is InChI=1S/C17H21N3O2S/c1-10-3-2-4-13-15(10)19-14(20-17(13)22)9-23-12-7-5-11(6-8-12)16(18)21/h2-4,11-13H,5-9H2,1H3,(H2,18,21). The number of hydrogen-bond donors (Lipinski definition) is 1. The summed E-state index contributed by atoms with van der Waals surface area (Å²) in [6.45, 7) is 1.98. The van der Waals surface area contributed by atoms with E-state index in [-0.39, 0.29) is 23.7 Å². The van der Waals surface area contributed by atoms with Crippen LogP contribution in [0.15, 0.2) is 33.8 Å². The summed E-state index contributed by atoms with van der Waals surface area (Å²) in [6, 6.07) is 0. The van der Waals surface area contributed by atoms with Crippen LogP contribution in [0, 0.1) is 11.8 Å². The Labute approximate surface area is 140 Å². The zero-order chi connectivity index (χ0) is 16.4. The van der Waals surface area contributed by atoms with Crippen molar-refractivity contribution in [3.63, 3.8) is 0 Å². The molecular formula is C17H21N3O2S. The molecule has 2 aliphatic carbocycles. The minimum Gasteiger partial charge on any atom is -0.369 e. The first-order valence-corrected chi connectivity index (χ1v) is 9.06. The molecule has 1 saturated carbocycles. The van der Waals surface area contributed by atoms with E-state index in [0.717, 1.165) is 37.0 Å². The van der Waals surface area contributed by atoms with Gasteiger partial charge in [0.25, 0.3) is 5.91 Å². The van der Waals surface area contributed by atoms with Gasteiger partial charge in [-0.25, -0.2) is 4.99 Å². The molecule has 2 amide bonds. The number of primary amides is 1. The Morgan fingerprint density at radius 1 is 1.30 bits per heavy atom. The maximum absolute atomic E-state index is 12.1. The van der Waals surface area contributed by atoms with Crippen molar-refractivity contribution >= 4 is 35.1 Å². The third-order valence-corrected chi connectivity index (χ3v) is 6.00. The zero-order valence-electron chi connectivity index (χ0n) is 13.2. The van der Waals surface area contributed by atoms with E-state index in [9.17, 15) is 9.59 Å². The van der Waals surface area contributed by atoms with Crippen molar-refractivity contribution < 1.29 is 9.59 Å². The van der Waals surface area contributed by atoms with Gasteiger partial charge in [0, 0.05) is 11.2 Å². The number of amidine groups is 1. The molecule has 23 heavy (non-hydrogen) atoms. The number of rotatable bonds is 4. The van der Waals surface area contributed by atoms with Gasteiger partial charge >= 0.3 is 0 Å². The second kappa shape index (κ2) is 6.83. The fourth-order valence-electron chi connectivity index (χ4n) is 3.22. The summed E-state index contributed by atoms with van der Waals surface area (Å²) in [7, 11) is 0. The van der Waals surface area contributed by atoms with E-state index >= 15 is 0 Å². The quantitative estimate of drug-likeness (QED) is 0.857. The molecule has 3 aliphatic rings. The fraction of sp³-hybridized carbons (Fsp3) is 0.529. The molecule has 1 heterocycles. The lowest BCUT2D eigenvalue weighted by Crippen LogP contribution is -2.31. The highest BCUT2D eigenvalue weighted by atomic mass is 32.2. The second-order valence-corrected chi connectivity index (χ2v) is 7.55. The van der Waals surface area contributed by atoms with Gasteiger partial charge in [0.15, 0.2) is 0 Å². The number of carbonyl (C=O) groups excluding carboxylic acids is 2. The molecule has 0 bridgehead atoms. The third-order valence-electron chi connectivity index (χ3n) is 4.63. The summed E-state index contributed by atoms with van der Waals surface area (Å²) < 4.78 is 0. The number of nitrogens with zero attached hydrogens (tertiary/aromatic N) is 2. The van der Waals surface area contributed by atoms with E-state index in [1.165, 1.54) is 0 Å². The van der Waals surface area contributed by atoms with Crippen molar-refractivity contribution in [3.05, 3.63) is 23.8 Å². The van der Waals surface area contributed by atoms with Gasteiger partial charge in [0.05, 0.1) is 11.5 Å². The van der Waals surface area contributed by atoms with Crippen LogP contribution in [0.5, 0.6) is 0 Å². The van der Waals surface area contributed by atoms with Gasteiger partial charge < -0.3 is 5.73 Å².